The topological polar surface area (TPSA) is 41.7 Å². The number of rotatable bonds is 6. The molecule has 0 aliphatic carbocycles. The molecule has 0 fully saturated rings. The van der Waals surface area contributed by atoms with E-state index in [1.165, 1.54) is 58.7 Å². The second-order valence-corrected chi connectivity index (χ2v) is 15.2. The van der Waals surface area contributed by atoms with Gasteiger partial charge in [0.25, 0.3) is 0 Å². The summed E-state index contributed by atoms with van der Waals surface area (Å²) in [6.07, 6.45) is -0.389. The monoisotopic (exact) mass is 734 g/mol. The molecule has 1 atom stereocenters. The van der Waals surface area contributed by atoms with Crippen LogP contribution in [0.15, 0.2) is 204 Å². The van der Waals surface area contributed by atoms with E-state index in [4.69, 9.17) is 9.98 Å². The van der Waals surface area contributed by atoms with Crippen molar-refractivity contribution in [1.82, 2.24) is 9.88 Å². The lowest BCUT2D eigenvalue weighted by atomic mass is 10.0. The number of nitrogens with one attached hydrogen (secondary N) is 1. The van der Waals surface area contributed by atoms with Crippen LogP contribution in [0.2, 0.25) is 0 Å². The molecule has 0 bridgehead atoms. The van der Waals surface area contributed by atoms with Gasteiger partial charge in [-0.3, -0.25) is 0 Å². The Hall–Kier alpha value is -7.08. The Balaban J connectivity index is 1.08. The number of benzene rings is 8. The van der Waals surface area contributed by atoms with Gasteiger partial charge >= 0.3 is 0 Å². The van der Waals surface area contributed by atoms with Crippen LogP contribution in [0.3, 0.4) is 0 Å². The minimum absolute atomic E-state index is 0.389. The van der Waals surface area contributed by atoms with Crippen LogP contribution < -0.4 is 5.32 Å². The van der Waals surface area contributed by atoms with Gasteiger partial charge in [-0.05, 0) is 40.5 Å². The van der Waals surface area contributed by atoms with Crippen LogP contribution in [0, 0.1) is 0 Å². The fourth-order valence-corrected chi connectivity index (χ4v) is 9.65. The Bertz CT molecular complexity index is 3140. The quantitative estimate of drug-likeness (QED) is 0.182. The molecule has 5 heteroatoms. The lowest BCUT2D eigenvalue weighted by molar-refractivity contribution is 0.670. The highest BCUT2D eigenvalue weighted by Gasteiger charge is 2.26. The van der Waals surface area contributed by atoms with Crippen LogP contribution in [0.4, 0.5) is 0 Å². The van der Waals surface area contributed by atoms with E-state index >= 15 is 0 Å². The van der Waals surface area contributed by atoms with Crippen molar-refractivity contribution in [2.75, 3.05) is 0 Å². The average molecular weight is 735 g/mol. The highest BCUT2D eigenvalue weighted by Crippen LogP contribution is 2.46. The van der Waals surface area contributed by atoms with Crippen molar-refractivity contribution < 1.29 is 0 Å². The molecule has 3 heterocycles. The minimum Gasteiger partial charge on any atom is -0.344 e. The molecule has 0 spiro atoms. The van der Waals surface area contributed by atoms with Crippen molar-refractivity contribution in [3.8, 4) is 27.9 Å². The average Bonchev–Trinajstić information content (AvgIpc) is 3.83. The van der Waals surface area contributed by atoms with Crippen LogP contribution >= 0.6 is 11.3 Å². The van der Waals surface area contributed by atoms with Crippen LogP contribution in [0.25, 0.3) is 69.9 Å². The zero-order valence-electron chi connectivity index (χ0n) is 30.3. The Morgan fingerprint density at radius 2 is 1.05 bits per heavy atom. The predicted octanol–water partition coefficient (Wildman–Crippen LogP) is 13.0. The molecule has 11 rings (SSSR count). The summed E-state index contributed by atoms with van der Waals surface area (Å²) >= 11 is 1.90. The molecular formula is C51H34N4S. The number of fused-ring (bicyclic) bond motifs is 7. The van der Waals surface area contributed by atoms with Gasteiger partial charge in [-0.15, -0.1) is 11.3 Å². The minimum atomic E-state index is -0.389. The van der Waals surface area contributed by atoms with E-state index in [1.54, 1.807) is 0 Å². The van der Waals surface area contributed by atoms with Crippen LogP contribution in [0.1, 0.15) is 22.9 Å². The first-order valence-electron chi connectivity index (χ1n) is 18.9. The first-order valence-corrected chi connectivity index (χ1v) is 19.8. The van der Waals surface area contributed by atoms with Crippen molar-refractivity contribution in [3.05, 3.63) is 211 Å². The molecular weight excluding hydrogens is 701 g/mol. The van der Waals surface area contributed by atoms with Crippen LogP contribution in [0.5, 0.6) is 0 Å². The molecule has 0 saturated heterocycles. The van der Waals surface area contributed by atoms with E-state index in [9.17, 15) is 0 Å². The Labute approximate surface area is 328 Å². The number of hydrogen-bond donors (Lipinski definition) is 1. The largest absolute Gasteiger partial charge is 0.344 e. The van der Waals surface area contributed by atoms with E-state index in [2.05, 4.69) is 180 Å². The third-order valence-corrected chi connectivity index (χ3v) is 12.2. The van der Waals surface area contributed by atoms with Gasteiger partial charge in [0.2, 0.25) is 0 Å². The molecule has 1 aliphatic heterocycles. The summed E-state index contributed by atoms with van der Waals surface area (Å²) < 4.78 is 5.06. The number of hydrogen-bond acceptors (Lipinski definition) is 4. The maximum atomic E-state index is 5.32. The zero-order chi connectivity index (χ0) is 37.0. The smallest absolute Gasteiger partial charge is 0.159 e. The van der Waals surface area contributed by atoms with Gasteiger partial charge in [-0.2, -0.15) is 0 Å². The Morgan fingerprint density at radius 3 is 1.84 bits per heavy atom. The maximum absolute atomic E-state index is 5.32. The zero-order valence-corrected chi connectivity index (χ0v) is 31.1. The summed E-state index contributed by atoms with van der Waals surface area (Å²) in [6, 6.07) is 69.0. The van der Waals surface area contributed by atoms with Gasteiger partial charge in [0.1, 0.15) is 12.0 Å². The first-order chi connectivity index (χ1) is 27.8. The highest BCUT2D eigenvalue weighted by molar-refractivity contribution is 7.27. The second kappa shape index (κ2) is 13.3. The SMILES string of the molecule is c1ccc(C2=NC(c3ccccc3-n3c4ccccc4c4c5sc6c(-c7ccccc7)cccc6c5ccc43)NC(c3ccc(-c4ccccc4)cc3)=N2)cc1. The van der Waals surface area contributed by atoms with E-state index in [-0.39, 0.29) is 6.17 Å². The Morgan fingerprint density at radius 1 is 0.446 bits per heavy atom. The third kappa shape index (κ3) is 5.36. The van der Waals surface area contributed by atoms with E-state index in [1.807, 2.05) is 35.6 Å². The number of thiophene rings is 1. The summed E-state index contributed by atoms with van der Waals surface area (Å²) in [6.45, 7) is 0. The number of aliphatic imine (C=N–C) groups is 2. The highest BCUT2D eigenvalue weighted by atomic mass is 32.1. The standard InChI is InChI=1S/C51H34N4S/c1-4-15-33(16-5-1)34-27-29-37(30-28-34)50-52-49(36-19-8-3-9-20-36)53-51(54-50)42-22-11-13-26-44(42)55-43-25-12-10-21-41(43)46-45(55)32-31-40-39-24-14-23-38(47(39)56-48(40)46)35-17-6-2-7-18-35/h1-32,51H,(H,52,53,54). The number of amidine groups is 2. The van der Waals surface area contributed by atoms with Gasteiger partial charge in [0.15, 0.2) is 5.84 Å². The molecule has 264 valence electrons. The number of nitrogens with zero attached hydrogens (tertiary/aromatic N) is 3. The van der Waals surface area contributed by atoms with Crippen LogP contribution in [-0.2, 0) is 0 Å². The molecule has 56 heavy (non-hydrogen) atoms. The Kier molecular flexibility index (Phi) is 7.71. The summed E-state index contributed by atoms with van der Waals surface area (Å²) in [5.41, 5.74) is 11.3. The summed E-state index contributed by atoms with van der Waals surface area (Å²) in [4.78, 5) is 10.4. The second-order valence-electron chi connectivity index (χ2n) is 14.2. The van der Waals surface area contributed by atoms with Crippen molar-refractivity contribution in [3.63, 3.8) is 0 Å². The fraction of sp³-hybridized carbons (Fsp3) is 0.0196. The predicted molar refractivity (Wildman–Crippen MR) is 236 cm³/mol. The van der Waals surface area contributed by atoms with Gasteiger partial charge < -0.3 is 9.88 Å². The maximum Gasteiger partial charge on any atom is 0.159 e. The molecule has 0 amide bonds. The van der Waals surface area contributed by atoms with Gasteiger partial charge in [-0.1, -0.05) is 176 Å². The third-order valence-electron chi connectivity index (χ3n) is 10.9. The molecule has 1 N–H and O–H groups in total. The lowest BCUT2D eigenvalue weighted by Crippen LogP contribution is -2.34. The van der Waals surface area contributed by atoms with E-state index in [0.29, 0.717) is 5.84 Å². The van der Waals surface area contributed by atoms with Crippen molar-refractivity contribution >= 4 is 65.0 Å². The molecule has 10 aromatic rings. The van der Waals surface area contributed by atoms with E-state index in [0.717, 1.165) is 33.7 Å². The van der Waals surface area contributed by atoms with Crippen molar-refractivity contribution in [1.29, 1.82) is 0 Å². The first kappa shape index (κ1) is 32.4. The van der Waals surface area contributed by atoms with E-state index < -0.39 is 0 Å². The summed E-state index contributed by atoms with van der Waals surface area (Å²) in [5.74, 6) is 1.50. The van der Waals surface area contributed by atoms with Crippen molar-refractivity contribution in [2.24, 2.45) is 9.98 Å². The number of aromatic nitrogens is 1. The lowest BCUT2D eigenvalue weighted by Gasteiger charge is -2.26. The molecule has 8 aromatic carbocycles. The molecule has 1 unspecified atom stereocenters. The molecule has 0 radical (unpaired) electrons. The van der Waals surface area contributed by atoms with Gasteiger partial charge in [0.05, 0.1) is 16.7 Å². The normalized spacial score (nSPS) is 14.2. The van der Waals surface area contributed by atoms with Crippen molar-refractivity contribution in [2.45, 2.75) is 6.17 Å². The van der Waals surface area contributed by atoms with Crippen LogP contribution in [-0.4, -0.2) is 16.2 Å². The summed E-state index contributed by atoms with van der Waals surface area (Å²) in [7, 11) is 0. The number of para-hydroxylation sites is 2. The summed E-state index contributed by atoms with van der Waals surface area (Å²) in [5, 5.41) is 8.86. The fourth-order valence-electron chi connectivity index (χ4n) is 8.26. The molecule has 0 saturated carbocycles. The van der Waals surface area contributed by atoms with Gasteiger partial charge in [-0.25, -0.2) is 9.98 Å². The van der Waals surface area contributed by atoms with Gasteiger partial charge in [0, 0.05) is 47.6 Å². The molecule has 2 aromatic heterocycles. The molecule has 4 nitrogen and oxygen atoms in total. The molecule has 1 aliphatic rings.